The van der Waals surface area contributed by atoms with E-state index in [4.69, 9.17) is 40.1 Å². The van der Waals surface area contributed by atoms with Gasteiger partial charge in [-0.2, -0.15) is 0 Å². The van der Waals surface area contributed by atoms with E-state index in [1.807, 2.05) is 0 Å². The molecule has 0 fully saturated rings. The Morgan fingerprint density at radius 2 is 0.840 bits per heavy atom. The Morgan fingerprint density at radius 3 is 1.25 bits per heavy atom. The van der Waals surface area contributed by atoms with E-state index in [1.165, 1.54) is 20.8 Å². The SMILES string of the molecule is CNCCCC[C@H](NC(=O)[C@@H](NC(=O)[C@H](CCCN=C(N)N)NC(=O)[C@H](C)N)[C@@H](C)O)C(=O)N[C@@H](CCC(N)=O)C(=O)N[C@H](C(=O)N[C@@H](C)C(=O)N[C@@H](CCCN=C(N)N)C(=O)N[C@@H](CCCCN)C(=O)O)[C@@H](C)O. The van der Waals surface area contributed by atoms with Gasteiger partial charge in [0, 0.05) is 19.5 Å². The lowest BCUT2D eigenvalue weighted by atomic mass is 10.0. The van der Waals surface area contributed by atoms with Crippen molar-refractivity contribution in [3.8, 4) is 0 Å². The summed E-state index contributed by atoms with van der Waals surface area (Å²) in [5.74, 6) is -10.3. The molecule has 75 heavy (non-hydrogen) atoms. The second kappa shape index (κ2) is 36.9. The summed E-state index contributed by atoms with van der Waals surface area (Å²) in [5.41, 5.74) is 38.1. The molecule has 0 bridgehead atoms. The average Bonchev–Trinajstić information content (AvgIpc) is 3.32. The molecule has 0 aliphatic rings. The number of nitrogens with one attached hydrogen (secondary N) is 9. The standard InChI is InChI=1S/C44H84N18O13/c1-22(46)34(66)56-28(15-11-21-54-44(50)51)38(70)62-33(25(4)64)41(73)59-26(12-7-9-19-52-5)36(68)58-29(16-17-31(47)65)39(71)61-32(24(3)63)40(72)55-23(2)35(67)57-27(14-10-20-53-43(48)49)37(69)60-30(42(74)75)13-6-8-18-45/h22-30,32-33,52,63-64H,6-21,45-46H2,1-5H3,(H2,47,65)(H,55,72)(H,56,66)(H,57,67)(H,58,68)(H,59,73)(H,60,69)(H,61,71)(H,62,70)(H,74,75)(H4,48,49,53)(H4,50,51,54)/t22-,23-,24+,25+,26-,27-,28-,29-,30-,32-,33-/m0/s1. The maximum atomic E-state index is 14.1. The molecule has 0 aromatic carbocycles. The fourth-order valence-electron chi connectivity index (χ4n) is 6.86. The molecule has 0 aromatic rings. The van der Waals surface area contributed by atoms with Crippen LogP contribution >= 0.6 is 0 Å². The molecule has 428 valence electrons. The number of aliphatic hydroxyl groups is 2. The van der Waals surface area contributed by atoms with E-state index in [0.29, 0.717) is 38.8 Å². The van der Waals surface area contributed by atoms with E-state index < -0.39 is 139 Å². The highest BCUT2D eigenvalue weighted by Gasteiger charge is 2.36. The number of hydrogen-bond donors (Lipinski definition) is 19. The highest BCUT2D eigenvalue weighted by Crippen LogP contribution is 2.10. The number of aliphatic hydroxyl groups excluding tert-OH is 2. The monoisotopic (exact) mass is 1070 g/mol. The Balaban J connectivity index is 6.54. The van der Waals surface area contributed by atoms with Crippen LogP contribution < -0.4 is 88.0 Å². The Bertz CT molecular complexity index is 1930. The van der Waals surface area contributed by atoms with Gasteiger partial charge in [-0.1, -0.05) is 0 Å². The number of primary amides is 1. The van der Waals surface area contributed by atoms with E-state index in [-0.39, 0.29) is 63.5 Å². The number of aliphatic carboxylic acids is 1. The minimum absolute atomic E-state index is 0.0226. The van der Waals surface area contributed by atoms with Crippen molar-refractivity contribution in [3.05, 3.63) is 0 Å². The van der Waals surface area contributed by atoms with E-state index in [1.54, 1.807) is 7.05 Å². The summed E-state index contributed by atoms with van der Waals surface area (Å²) in [5, 5.41) is 53.3. The Kier molecular flexibility index (Phi) is 33.5. The van der Waals surface area contributed by atoms with Crippen molar-refractivity contribution in [2.24, 2.45) is 50.1 Å². The normalized spacial score (nSPS) is 15.4. The molecule has 9 amide bonds. The molecule has 0 aliphatic heterocycles. The molecule has 0 radical (unpaired) electrons. The second-order valence-corrected chi connectivity index (χ2v) is 17.9. The molecular weight excluding hydrogens is 989 g/mol. The van der Waals surface area contributed by atoms with Gasteiger partial charge < -0.3 is 103 Å². The van der Waals surface area contributed by atoms with Crippen LogP contribution in [-0.2, 0) is 47.9 Å². The van der Waals surface area contributed by atoms with Gasteiger partial charge in [0.2, 0.25) is 53.2 Å². The first-order valence-corrected chi connectivity index (χ1v) is 24.7. The Morgan fingerprint density at radius 1 is 0.467 bits per heavy atom. The summed E-state index contributed by atoms with van der Waals surface area (Å²) in [7, 11) is 1.69. The molecular formula is C44H84N18O13. The number of nitrogens with two attached hydrogens (primary N) is 7. The first kappa shape index (κ1) is 68.0. The predicted octanol–water partition coefficient (Wildman–Crippen LogP) is -8.03. The van der Waals surface area contributed by atoms with Crippen LogP contribution in [0.1, 0.15) is 105 Å². The molecule has 0 unspecified atom stereocenters. The molecule has 0 aliphatic carbocycles. The van der Waals surface area contributed by atoms with Crippen LogP contribution in [0.3, 0.4) is 0 Å². The van der Waals surface area contributed by atoms with Gasteiger partial charge in [0.1, 0.15) is 48.3 Å². The summed E-state index contributed by atoms with van der Waals surface area (Å²) in [6, 6.07) is -13.0. The largest absolute Gasteiger partial charge is 0.480 e. The molecule has 0 aromatic heterocycles. The van der Waals surface area contributed by atoms with Gasteiger partial charge in [-0.25, -0.2) is 4.79 Å². The number of carboxylic acids is 1. The summed E-state index contributed by atoms with van der Waals surface area (Å²) < 4.78 is 0. The number of hydrogen-bond acceptors (Lipinski definition) is 17. The summed E-state index contributed by atoms with van der Waals surface area (Å²) in [6.07, 6.45) is -2.25. The van der Waals surface area contributed by atoms with Gasteiger partial charge in [0.25, 0.3) is 0 Å². The highest BCUT2D eigenvalue weighted by atomic mass is 16.4. The molecule has 0 saturated carbocycles. The number of carbonyl (C=O) groups is 10. The molecule has 11 atom stereocenters. The van der Waals surface area contributed by atoms with Gasteiger partial charge in [0.15, 0.2) is 11.9 Å². The molecule has 0 spiro atoms. The number of carboxylic acid groups (broad SMARTS) is 1. The van der Waals surface area contributed by atoms with Crippen molar-refractivity contribution < 1.29 is 63.3 Å². The number of unbranched alkanes of at least 4 members (excludes halogenated alkanes) is 2. The Hall–Kier alpha value is -6.96. The van der Waals surface area contributed by atoms with Gasteiger partial charge >= 0.3 is 5.97 Å². The van der Waals surface area contributed by atoms with Crippen molar-refractivity contribution in [2.75, 3.05) is 33.2 Å². The third-order valence-corrected chi connectivity index (χ3v) is 11.1. The number of guanidine groups is 2. The number of nitrogens with zero attached hydrogens (tertiary/aromatic N) is 2. The van der Waals surface area contributed by atoms with Crippen molar-refractivity contribution in [1.82, 2.24) is 47.9 Å². The van der Waals surface area contributed by atoms with E-state index in [9.17, 15) is 63.3 Å². The lowest BCUT2D eigenvalue weighted by Crippen LogP contribution is -2.62. The predicted molar refractivity (Wildman–Crippen MR) is 275 cm³/mol. The molecule has 31 heteroatoms. The minimum Gasteiger partial charge on any atom is -0.480 e. The quantitative estimate of drug-likeness (QED) is 0.0154. The van der Waals surface area contributed by atoms with Crippen LogP contribution in [0.5, 0.6) is 0 Å². The zero-order valence-electron chi connectivity index (χ0n) is 43.5. The number of aliphatic imine (C=N–C) groups is 2. The van der Waals surface area contributed by atoms with Crippen molar-refractivity contribution >= 4 is 71.1 Å². The first-order chi connectivity index (χ1) is 35.2. The second-order valence-electron chi connectivity index (χ2n) is 17.9. The van der Waals surface area contributed by atoms with E-state index >= 15 is 0 Å². The van der Waals surface area contributed by atoms with Gasteiger partial charge in [-0.05, 0) is 118 Å². The van der Waals surface area contributed by atoms with Crippen molar-refractivity contribution in [1.29, 1.82) is 0 Å². The minimum atomic E-state index is -1.81. The summed E-state index contributed by atoms with van der Waals surface area (Å²) in [6.45, 7) is 5.84. The van der Waals surface area contributed by atoms with Crippen molar-refractivity contribution in [3.63, 3.8) is 0 Å². The number of amides is 9. The summed E-state index contributed by atoms with van der Waals surface area (Å²) in [4.78, 5) is 140. The van der Waals surface area contributed by atoms with Crippen LogP contribution in [0.15, 0.2) is 9.98 Å². The molecule has 26 N–H and O–H groups in total. The molecule has 0 saturated heterocycles. The fraction of sp³-hybridized carbons (Fsp3) is 0.727. The van der Waals surface area contributed by atoms with Crippen LogP contribution in [0.4, 0.5) is 0 Å². The molecule has 0 heterocycles. The smallest absolute Gasteiger partial charge is 0.326 e. The zero-order chi connectivity index (χ0) is 57.4. The topological polar surface area (TPSA) is 547 Å². The van der Waals surface area contributed by atoms with Crippen LogP contribution in [0, 0.1) is 0 Å². The highest BCUT2D eigenvalue weighted by molar-refractivity contribution is 5.98. The Labute approximate surface area is 436 Å². The van der Waals surface area contributed by atoms with Gasteiger partial charge in [-0.3, -0.25) is 53.1 Å². The summed E-state index contributed by atoms with van der Waals surface area (Å²) >= 11 is 0. The van der Waals surface area contributed by atoms with Crippen LogP contribution in [0.2, 0.25) is 0 Å². The number of carbonyl (C=O) groups excluding carboxylic acids is 9. The van der Waals surface area contributed by atoms with Gasteiger partial charge in [-0.15, -0.1) is 0 Å². The van der Waals surface area contributed by atoms with Crippen molar-refractivity contribution in [2.45, 2.75) is 171 Å². The first-order valence-electron chi connectivity index (χ1n) is 24.7. The lowest BCUT2D eigenvalue weighted by Gasteiger charge is -2.29. The average molecular weight is 1070 g/mol. The van der Waals surface area contributed by atoms with Gasteiger partial charge in [0.05, 0.1) is 18.2 Å². The molecule has 0 rings (SSSR count). The maximum Gasteiger partial charge on any atom is 0.326 e. The zero-order valence-corrected chi connectivity index (χ0v) is 43.5. The molecule has 31 nitrogen and oxygen atoms in total. The fourth-order valence-corrected chi connectivity index (χ4v) is 6.86. The van der Waals surface area contributed by atoms with Crippen LogP contribution in [-0.4, -0.2) is 186 Å². The third kappa shape index (κ3) is 28.9. The maximum absolute atomic E-state index is 14.1. The van der Waals surface area contributed by atoms with Crippen LogP contribution in [0.25, 0.3) is 0 Å². The lowest BCUT2D eigenvalue weighted by molar-refractivity contribution is -0.142. The third-order valence-electron chi connectivity index (χ3n) is 11.1. The number of rotatable bonds is 39. The van der Waals surface area contributed by atoms with E-state index in [0.717, 1.165) is 6.92 Å². The van der Waals surface area contributed by atoms with E-state index in [2.05, 4.69) is 57.8 Å².